The topological polar surface area (TPSA) is 38.1 Å². The van der Waals surface area contributed by atoms with E-state index in [-0.39, 0.29) is 0 Å². The molecule has 3 heterocycles. The molecule has 80 valence electrons. The summed E-state index contributed by atoms with van der Waals surface area (Å²) in [4.78, 5) is 4.29. The Labute approximate surface area is 93.2 Å². The summed E-state index contributed by atoms with van der Waals surface area (Å²) < 4.78 is 5.82. The van der Waals surface area contributed by atoms with Crippen LogP contribution in [-0.4, -0.2) is 17.6 Å². The standard InChI is InChI=1S/C13H12N2O/c1-2-12-11(14-3-1)6-13(16-12)8-4-9-7-15-10(9)5-8/h1-4,6,9-10,15H,5,7H2/t9-,10-/m1/s1. The van der Waals surface area contributed by atoms with Gasteiger partial charge in [-0.25, -0.2) is 0 Å². The maximum atomic E-state index is 5.82. The van der Waals surface area contributed by atoms with Crippen molar-refractivity contribution in [3.63, 3.8) is 0 Å². The molecule has 2 aromatic heterocycles. The molecular formula is C13H12N2O. The molecule has 0 amide bonds. The minimum Gasteiger partial charge on any atom is -0.455 e. The van der Waals surface area contributed by atoms with Crippen LogP contribution in [0.2, 0.25) is 0 Å². The lowest BCUT2D eigenvalue weighted by Crippen LogP contribution is -2.49. The summed E-state index contributed by atoms with van der Waals surface area (Å²) in [5.41, 5.74) is 3.16. The summed E-state index contributed by atoms with van der Waals surface area (Å²) in [5, 5.41) is 3.43. The molecule has 1 N–H and O–H groups in total. The van der Waals surface area contributed by atoms with Crippen LogP contribution in [0.5, 0.6) is 0 Å². The molecule has 1 fully saturated rings. The van der Waals surface area contributed by atoms with E-state index in [0.717, 1.165) is 35.7 Å². The summed E-state index contributed by atoms with van der Waals surface area (Å²) in [6.45, 7) is 1.12. The number of fused-ring (bicyclic) bond motifs is 2. The van der Waals surface area contributed by atoms with Gasteiger partial charge in [-0.2, -0.15) is 0 Å². The van der Waals surface area contributed by atoms with Crippen LogP contribution in [-0.2, 0) is 0 Å². The smallest absolute Gasteiger partial charge is 0.153 e. The first-order valence-electron chi connectivity index (χ1n) is 5.69. The van der Waals surface area contributed by atoms with E-state index >= 15 is 0 Å². The Morgan fingerprint density at radius 1 is 1.44 bits per heavy atom. The Kier molecular flexibility index (Phi) is 1.57. The highest BCUT2D eigenvalue weighted by molar-refractivity contribution is 5.79. The van der Waals surface area contributed by atoms with Crippen molar-refractivity contribution in [2.45, 2.75) is 12.5 Å². The number of nitrogens with zero attached hydrogens (tertiary/aromatic N) is 1. The fourth-order valence-electron chi connectivity index (χ4n) is 2.59. The Balaban J connectivity index is 1.79. The van der Waals surface area contributed by atoms with Gasteiger partial charge in [-0.3, -0.25) is 4.98 Å². The number of aromatic nitrogens is 1. The number of furan rings is 1. The van der Waals surface area contributed by atoms with Crippen LogP contribution in [0.4, 0.5) is 0 Å². The molecule has 0 unspecified atom stereocenters. The average Bonchev–Trinajstić information content (AvgIpc) is 2.81. The van der Waals surface area contributed by atoms with Crippen molar-refractivity contribution in [1.29, 1.82) is 0 Å². The Morgan fingerprint density at radius 2 is 2.44 bits per heavy atom. The zero-order valence-electron chi connectivity index (χ0n) is 8.81. The fourth-order valence-corrected chi connectivity index (χ4v) is 2.59. The number of hydrogen-bond acceptors (Lipinski definition) is 3. The van der Waals surface area contributed by atoms with Gasteiger partial charge in [-0.15, -0.1) is 0 Å². The van der Waals surface area contributed by atoms with Gasteiger partial charge >= 0.3 is 0 Å². The third-order valence-corrected chi connectivity index (χ3v) is 3.59. The minimum atomic E-state index is 0.649. The quantitative estimate of drug-likeness (QED) is 0.787. The molecule has 1 aliphatic carbocycles. The van der Waals surface area contributed by atoms with Crippen molar-refractivity contribution >= 4 is 16.7 Å². The van der Waals surface area contributed by atoms with Crippen molar-refractivity contribution in [1.82, 2.24) is 10.3 Å². The van der Waals surface area contributed by atoms with Crippen LogP contribution >= 0.6 is 0 Å². The van der Waals surface area contributed by atoms with E-state index in [0.29, 0.717) is 6.04 Å². The second-order valence-electron chi connectivity index (χ2n) is 4.57. The molecule has 4 rings (SSSR count). The largest absolute Gasteiger partial charge is 0.455 e. The van der Waals surface area contributed by atoms with Gasteiger partial charge in [0.2, 0.25) is 0 Å². The molecule has 0 radical (unpaired) electrons. The first kappa shape index (κ1) is 8.53. The molecule has 2 aromatic rings. The van der Waals surface area contributed by atoms with Crippen LogP contribution < -0.4 is 5.32 Å². The minimum absolute atomic E-state index is 0.649. The first-order valence-corrected chi connectivity index (χ1v) is 5.69. The van der Waals surface area contributed by atoms with Crippen molar-refractivity contribution in [2.24, 2.45) is 5.92 Å². The highest BCUT2D eigenvalue weighted by Crippen LogP contribution is 2.37. The lowest BCUT2D eigenvalue weighted by atomic mass is 9.96. The SMILES string of the molecule is C1=C(c2cc3ncccc3o2)C[C@H]2NC[C@@H]12. The predicted octanol–water partition coefficient (Wildman–Crippen LogP) is 2.20. The van der Waals surface area contributed by atoms with Crippen molar-refractivity contribution in [3.8, 4) is 0 Å². The zero-order valence-corrected chi connectivity index (χ0v) is 8.81. The van der Waals surface area contributed by atoms with Crippen molar-refractivity contribution < 1.29 is 4.42 Å². The maximum absolute atomic E-state index is 5.82. The highest BCUT2D eigenvalue weighted by atomic mass is 16.3. The fraction of sp³-hybridized carbons (Fsp3) is 0.308. The summed E-state index contributed by atoms with van der Waals surface area (Å²) in [6.07, 6.45) is 5.24. The van der Waals surface area contributed by atoms with E-state index in [1.165, 1.54) is 5.57 Å². The highest BCUT2D eigenvalue weighted by Gasteiger charge is 2.35. The van der Waals surface area contributed by atoms with E-state index in [9.17, 15) is 0 Å². The van der Waals surface area contributed by atoms with E-state index in [1.807, 2.05) is 18.2 Å². The molecule has 3 nitrogen and oxygen atoms in total. The van der Waals surface area contributed by atoms with Crippen LogP contribution in [0.1, 0.15) is 12.2 Å². The summed E-state index contributed by atoms with van der Waals surface area (Å²) in [7, 11) is 0. The van der Waals surface area contributed by atoms with Crippen molar-refractivity contribution in [2.75, 3.05) is 6.54 Å². The van der Waals surface area contributed by atoms with Crippen LogP contribution in [0.3, 0.4) is 0 Å². The Hall–Kier alpha value is -1.61. The van der Waals surface area contributed by atoms with Gasteiger partial charge in [0.25, 0.3) is 0 Å². The second kappa shape index (κ2) is 2.95. The maximum Gasteiger partial charge on any atom is 0.153 e. The van der Waals surface area contributed by atoms with Crippen LogP contribution in [0.15, 0.2) is 34.9 Å². The average molecular weight is 212 g/mol. The van der Waals surface area contributed by atoms with Gasteiger partial charge in [0.05, 0.1) is 0 Å². The first-order chi connectivity index (χ1) is 7.90. The van der Waals surface area contributed by atoms with Gasteiger partial charge in [0, 0.05) is 30.8 Å². The number of nitrogens with one attached hydrogen (secondary N) is 1. The molecule has 1 aliphatic heterocycles. The van der Waals surface area contributed by atoms with Gasteiger partial charge in [-0.1, -0.05) is 6.08 Å². The van der Waals surface area contributed by atoms with Gasteiger partial charge in [-0.05, 0) is 24.1 Å². The summed E-state index contributed by atoms with van der Waals surface area (Å²) in [5.74, 6) is 1.71. The molecule has 3 heteroatoms. The zero-order chi connectivity index (χ0) is 10.5. The Morgan fingerprint density at radius 3 is 3.12 bits per heavy atom. The van der Waals surface area contributed by atoms with Crippen LogP contribution in [0.25, 0.3) is 16.7 Å². The van der Waals surface area contributed by atoms with Gasteiger partial charge in [0.1, 0.15) is 11.3 Å². The third kappa shape index (κ3) is 1.09. The molecule has 0 saturated carbocycles. The Bertz CT molecular complexity index is 551. The normalized spacial score (nSPS) is 27.6. The molecule has 2 atom stereocenters. The summed E-state index contributed by atoms with van der Waals surface area (Å²) in [6, 6.07) is 6.57. The lowest BCUT2D eigenvalue weighted by molar-refractivity contribution is 0.306. The third-order valence-electron chi connectivity index (χ3n) is 3.59. The lowest BCUT2D eigenvalue weighted by Gasteiger charge is -2.31. The number of rotatable bonds is 1. The van der Waals surface area contributed by atoms with Gasteiger partial charge in [0.15, 0.2) is 5.58 Å². The van der Waals surface area contributed by atoms with Gasteiger partial charge < -0.3 is 9.73 Å². The second-order valence-corrected chi connectivity index (χ2v) is 4.57. The van der Waals surface area contributed by atoms with E-state index < -0.39 is 0 Å². The molecule has 16 heavy (non-hydrogen) atoms. The van der Waals surface area contributed by atoms with Crippen molar-refractivity contribution in [3.05, 3.63) is 36.2 Å². The molecule has 0 bridgehead atoms. The number of hydrogen-bond donors (Lipinski definition) is 1. The monoisotopic (exact) mass is 212 g/mol. The molecule has 2 aliphatic rings. The molecule has 0 aromatic carbocycles. The molecule has 1 saturated heterocycles. The molecule has 0 spiro atoms. The van der Waals surface area contributed by atoms with E-state index in [1.54, 1.807) is 6.20 Å². The van der Waals surface area contributed by atoms with E-state index in [2.05, 4.69) is 16.4 Å². The molecular weight excluding hydrogens is 200 g/mol. The predicted molar refractivity (Wildman–Crippen MR) is 61.9 cm³/mol. The van der Waals surface area contributed by atoms with E-state index in [4.69, 9.17) is 4.42 Å². The summed E-state index contributed by atoms with van der Waals surface area (Å²) >= 11 is 0. The number of pyridine rings is 1. The van der Waals surface area contributed by atoms with Crippen LogP contribution in [0, 0.1) is 5.92 Å².